The molecule has 1 aliphatic carbocycles. The van der Waals surface area contributed by atoms with Crippen LogP contribution in [0, 0.1) is 17.8 Å². The Hall–Kier alpha value is -1.40. The van der Waals surface area contributed by atoms with Crippen LogP contribution in [0.3, 0.4) is 0 Å². The number of hydrogen-bond donors (Lipinski definition) is 1. The van der Waals surface area contributed by atoms with E-state index < -0.39 is 0 Å². The molecule has 1 unspecified atom stereocenters. The zero-order valence-corrected chi connectivity index (χ0v) is 15.5. The van der Waals surface area contributed by atoms with E-state index in [0.29, 0.717) is 11.8 Å². The van der Waals surface area contributed by atoms with Crippen molar-refractivity contribution in [3.63, 3.8) is 0 Å². The van der Waals surface area contributed by atoms with Gasteiger partial charge in [0, 0.05) is 58.4 Å². The van der Waals surface area contributed by atoms with Gasteiger partial charge in [0.2, 0.25) is 5.91 Å². The molecule has 1 saturated carbocycles. The van der Waals surface area contributed by atoms with Gasteiger partial charge in [-0.15, -0.1) is 0 Å². The highest BCUT2D eigenvalue weighted by Crippen LogP contribution is 2.32. The van der Waals surface area contributed by atoms with Crippen molar-refractivity contribution in [2.75, 3.05) is 46.3 Å². The van der Waals surface area contributed by atoms with E-state index in [2.05, 4.69) is 33.5 Å². The molecule has 138 valence electrons. The number of aromatic nitrogens is 2. The standard InChI is InChI=1S/C19H31N5O/c1-22(10-14-3-4-14)11-15-5-6-24(12-15)19(25)18-9-20-8-17(18)16-7-21-23(2)13-16/h7,13-15,17-18,20H,3-6,8-12H2,1-2H3/t15?,17-,18+/m1/s1. The minimum absolute atomic E-state index is 0.0622. The van der Waals surface area contributed by atoms with Crippen LogP contribution >= 0.6 is 0 Å². The van der Waals surface area contributed by atoms with E-state index in [1.54, 1.807) is 0 Å². The highest BCUT2D eigenvalue weighted by Gasteiger charge is 2.39. The molecule has 6 nitrogen and oxygen atoms in total. The molecule has 0 spiro atoms. The molecular formula is C19H31N5O. The van der Waals surface area contributed by atoms with E-state index in [0.717, 1.165) is 45.1 Å². The summed E-state index contributed by atoms with van der Waals surface area (Å²) in [6.07, 6.45) is 7.93. The summed E-state index contributed by atoms with van der Waals surface area (Å²) >= 11 is 0. The molecule has 3 atom stereocenters. The Morgan fingerprint density at radius 3 is 2.80 bits per heavy atom. The van der Waals surface area contributed by atoms with Crippen molar-refractivity contribution < 1.29 is 4.79 Å². The summed E-state index contributed by atoms with van der Waals surface area (Å²) in [5.74, 6) is 2.24. The van der Waals surface area contributed by atoms with Crippen LogP contribution in [0.15, 0.2) is 12.4 Å². The predicted octanol–water partition coefficient (Wildman–Crippen LogP) is 0.913. The highest BCUT2D eigenvalue weighted by molar-refractivity contribution is 5.81. The van der Waals surface area contributed by atoms with Gasteiger partial charge < -0.3 is 15.1 Å². The van der Waals surface area contributed by atoms with Crippen molar-refractivity contribution >= 4 is 5.91 Å². The van der Waals surface area contributed by atoms with E-state index in [1.807, 2.05) is 17.9 Å². The second-order valence-corrected chi connectivity index (χ2v) is 8.42. The summed E-state index contributed by atoms with van der Waals surface area (Å²) in [7, 11) is 4.17. The third-order valence-electron chi connectivity index (χ3n) is 6.12. The summed E-state index contributed by atoms with van der Waals surface area (Å²) in [6.45, 7) is 5.90. The zero-order valence-electron chi connectivity index (χ0n) is 15.5. The lowest BCUT2D eigenvalue weighted by atomic mass is 9.90. The smallest absolute Gasteiger partial charge is 0.227 e. The lowest BCUT2D eigenvalue weighted by Gasteiger charge is -2.25. The number of carbonyl (C=O) groups is 1. The summed E-state index contributed by atoms with van der Waals surface area (Å²) in [5.41, 5.74) is 1.19. The van der Waals surface area contributed by atoms with Crippen molar-refractivity contribution in [3.8, 4) is 0 Å². The Labute approximate surface area is 150 Å². The van der Waals surface area contributed by atoms with Gasteiger partial charge in [-0.3, -0.25) is 9.48 Å². The average molecular weight is 345 g/mol. The Morgan fingerprint density at radius 2 is 2.08 bits per heavy atom. The number of carbonyl (C=O) groups excluding carboxylic acids is 1. The van der Waals surface area contributed by atoms with Crippen LogP contribution in [0.25, 0.3) is 0 Å². The highest BCUT2D eigenvalue weighted by atomic mass is 16.2. The van der Waals surface area contributed by atoms with Crippen LogP contribution in [0.2, 0.25) is 0 Å². The average Bonchev–Trinajstić information content (AvgIpc) is 3.00. The first kappa shape index (κ1) is 17.0. The SMILES string of the molecule is CN(CC1CC1)CC1CCN(C(=O)[C@H]2CNC[C@@H]2c2cnn(C)c2)C1. The van der Waals surface area contributed by atoms with Gasteiger partial charge in [0.15, 0.2) is 0 Å². The van der Waals surface area contributed by atoms with Gasteiger partial charge in [0.25, 0.3) is 0 Å². The van der Waals surface area contributed by atoms with Crippen LogP contribution in [0.1, 0.15) is 30.7 Å². The minimum Gasteiger partial charge on any atom is -0.342 e. The maximum atomic E-state index is 13.1. The molecule has 3 aliphatic rings. The van der Waals surface area contributed by atoms with Crippen molar-refractivity contribution in [1.29, 1.82) is 0 Å². The van der Waals surface area contributed by atoms with Crippen LogP contribution in [-0.4, -0.2) is 71.8 Å². The van der Waals surface area contributed by atoms with E-state index >= 15 is 0 Å². The van der Waals surface area contributed by atoms with Crippen LogP contribution in [-0.2, 0) is 11.8 Å². The van der Waals surface area contributed by atoms with E-state index in [9.17, 15) is 4.79 Å². The van der Waals surface area contributed by atoms with Crippen molar-refractivity contribution in [1.82, 2.24) is 24.9 Å². The van der Waals surface area contributed by atoms with Gasteiger partial charge in [-0.05, 0) is 43.7 Å². The van der Waals surface area contributed by atoms with Gasteiger partial charge >= 0.3 is 0 Å². The second-order valence-electron chi connectivity index (χ2n) is 8.42. The number of nitrogens with one attached hydrogen (secondary N) is 1. The number of aryl methyl sites for hydroxylation is 1. The molecule has 6 heteroatoms. The second kappa shape index (κ2) is 7.08. The van der Waals surface area contributed by atoms with Crippen LogP contribution < -0.4 is 5.32 Å². The molecule has 4 rings (SSSR count). The summed E-state index contributed by atoms with van der Waals surface area (Å²) in [4.78, 5) is 17.7. The Balaban J connectivity index is 1.32. The summed E-state index contributed by atoms with van der Waals surface area (Å²) in [6, 6.07) is 0. The summed E-state index contributed by atoms with van der Waals surface area (Å²) in [5, 5.41) is 7.70. The van der Waals surface area contributed by atoms with Gasteiger partial charge in [0.05, 0.1) is 12.1 Å². The number of amides is 1. The fourth-order valence-electron chi connectivity index (χ4n) is 4.59. The third kappa shape index (κ3) is 3.90. The molecule has 25 heavy (non-hydrogen) atoms. The first-order valence-electron chi connectivity index (χ1n) is 9.76. The van der Waals surface area contributed by atoms with Crippen molar-refractivity contribution in [2.45, 2.75) is 25.2 Å². The number of nitrogens with zero attached hydrogens (tertiary/aromatic N) is 4. The molecule has 2 aliphatic heterocycles. The molecule has 0 bridgehead atoms. The lowest BCUT2D eigenvalue weighted by molar-refractivity contribution is -0.134. The molecule has 0 aromatic carbocycles. The van der Waals surface area contributed by atoms with Crippen LogP contribution in [0.4, 0.5) is 0 Å². The molecule has 1 aromatic heterocycles. The van der Waals surface area contributed by atoms with E-state index in [1.165, 1.54) is 24.9 Å². The first-order chi connectivity index (χ1) is 12.1. The fourth-order valence-corrected chi connectivity index (χ4v) is 4.59. The fraction of sp³-hybridized carbons (Fsp3) is 0.789. The molecule has 3 heterocycles. The van der Waals surface area contributed by atoms with Crippen molar-refractivity contribution in [2.24, 2.45) is 24.8 Å². The Kier molecular flexibility index (Phi) is 4.82. The predicted molar refractivity (Wildman–Crippen MR) is 97.2 cm³/mol. The van der Waals surface area contributed by atoms with Gasteiger partial charge in [-0.25, -0.2) is 0 Å². The molecule has 3 fully saturated rings. The molecule has 1 amide bonds. The Bertz CT molecular complexity index is 611. The van der Waals surface area contributed by atoms with Gasteiger partial charge in [0.1, 0.15) is 0 Å². The molecule has 0 radical (unpaired) electrons. The normalized spacial score (nSPS) is 29.7. The first-order valence-corrected chi connectivity index (χ1v) is 9.76. The molecular weight excluding hydrogens is 314 g/mol. The van der Waals surface area contributed by atoms with Crippen molar-refractivity contribution in [3.05, 3.63) is 18.0 Å². The number of rotatable bonds is 6. The van der Waals surface area contributed by atoms with Gasteiger partial charge in [-0.1, -0.05) is 0 Å². The third-order valence-corrected chi connectivity index (χ3v) is 6.12. The van der Waals surface area contributed by atoms with E-state index in [-0.39, 0.29) is 11.8 Å². The van der Waals surface area contributed by atoms with Gasteiger partial charge in [-0.2, -0.15) is 5.10 Å². The maximum Gasteiger partial charge on any atom is 0.227 e. The quantitative estimate of drug-likeness (QED) is 0.833. The summed E-state index contributed by atoms with van der Waals surface area (Å²) < 4.78 is 1.83. The minimum atomic E-state index is 0.0622. The molecule has 1 N–H and O–H groups in total. The lowest BCUT2D eigenvalue weighted by Crippen LogP contribution is -2.38. The van der Waals surface area contributed by atoms with E-state index in [4.69, 9.17) is 0 Å². The monoisotopic (exact) mass is 345 g/mol. The van der Waals surface area contributed by atoms with Crippen LogP contribution in [0.5, 0.6) is 0 Å². The number of likely N-dealkylation sites (tertiary alicyclic amines) is 1. The topological polar surface area (TPSA) is 53.4 Å². The zero-order chi connectivity index (χ0) is 17.4. The Morgan fingerprint density at radius 1 is 1.28 bits per heavy atom. The largest absolute Gasteiger partial charge is 0.342 e. The number of hydrogen-bond acceptors (Lipinski definition) is 4. The maximum absolute atomic E-state index is 13.1. The molecule has 2 saturated heterocycles. The molecule has 1 aromatic rings.